The number of benzene rings is 2. The lowest BCUT2D eigenvalue weighted by molar-refractivity contribution is -0.130. The van der Waals surface area contributed by atoms with Crippen LogP contribution in [0.15, 0.2) is 41.0 Å². The lowest BCUT2D eigenvalue weighted by Crippen LogP contribution is -2.20. The van der Waals surface area contributed by atoms with E-state index in [1.807, 2.05) is 32.0 Å². The van der Waals surface area contributed by atoms with Gasteiger partial charge >= 0.3 is 5.97 Å². The van der Waals surface area contributed by atoms with Gasteiger partial charge in [-0.05, 0) is 49.8 Å². The van der Waals surface area contributed by atoms with Crippen molar-refractivity contribution in [1.82, 2.24) is 0 Å². The Labute approximate surface area is 172 Å². The number of carbonyl (C=O) groups is 2. The third-order valence-corrected chi connectivity index (χ3v) is 4.28. The number of halogens is 1. The summed E-state index contributed by atoms with van der Waals surface area (Å²) in [6, 6.07) is 8.98. The molecule has 1 heterocycles. The molecule has 0 aliphatic carbocycles. The monoisotopic (exact) mass is 414 g/mol. The molecule has 1 amide bonds. The number of hydrogen-bond acceptors (Lipinski definition) is 6. The van der Waals surface area contributed by atoms with Crippen molar-refractivity contribution >= 4 is 35.5 Å². The fourth-order valence-electron chi connectivity index (χ4n) is 2.90. The Morgan fingerprint density at radius 3 is 2.52 bits per heavy atom. The van der Waals surface area contributed by atoms with Crippen LogP contribution in [0.25, 0.3) is 6.08 Å². The smallest absolute Gasteiger partial charge is 0.363 e. The molecule has 1 aliphatic heterocycles. The van der Waals surface area contributed by atoms with Gasteiger partial charge in [-0.25, -0.2) is 9.79 Å². The van der Waals surface area contributed by atoms with E-state index >= 15 is 0 Å². The van der Waals surface area contributed by atoms with Crippen molar-refractivity contribution < 1.29 is 23.8 Å². The van der Waals surface area contributed by atoms with Gasteiger partial charge in [-0.2, -0.15) is 0 Å². The van der Waals surface area contributed by atoms with Gasteiger partial charge in [0.25, 0.3) is 5.91 Å². The van der Waals surface area contributed by atoms with Crippen LogP contribution in [-0.4, -0.2) is 31.5 Å². The van der Waals surface area contributed by atoms with Crippen molar-refractivity contribution in [2.24, 2.45) is 10.7 Å². The van der Waals surface area contributed by atoms with Gasteiger partial charge in [0, 0.05) is 5.56 Å². The summed E-state index contributed by atoms with van der Waals surface area (Å²) >= 11 is 6.24. The van der Waals surface area contributed by atoms with Crippen LogP contribution < -0.4 is 15.2 Å². The third-order valence-electron chi connectivity index (χ3n) is 4.00. The summed E-state index contributed by atoms with van der Waals surface area (Å²) in [6.45, 7) is 3.58. The zero-order valence-electron chi connectivity index (χ0n) is 16.1. The summed E-state index contributed by atoms with van der Waals surface area (Å²) in [5, 5.41) is 0.197. The molecule has 3 rings (SSSR count). The molecule has 0 radical (unpaired) electrons. The van der Waals surface area contributed by atoms with Gasteiger partial charge in [0.15, 0.2) is 23.8 Å². The molecule has 0 unspecified atom stereocenters. The number of esters is 1. The number of nitrogens with zero attached hydrogens (tertiary/aromatic N) is 1. The van der Waals surface area contributed by atoms with Crippen molar-refractivity contribution in [2.45, 2.75) is 13.8 Å². The van der Waals surface area contributed by atoms with Gasteiger partial charge in [-0.3, -0.25) is 4.79 Å². The van der Waals surface area contributed by atoms with Gasteiger partial charge in [0.05, 0.1) is 12.1 Å². The molecule has 2 aromatic rings. The first-order valence-electron chi connectivity index (χ1n) is 8.66. The van der Waals surface area contributed by atoms with Crippen LogP contribution in [0, 0.1) is 13.8 Å². The molecule has 8 heteroatoms. The average Bonchev–Trinajstić information content (AvgIpc) is 3.00. The molecule has 2 aromatic carbocycles. The standard InChI is InChI=1S/C21H19ClN2O5/c1-11-4-12(2)6-14(5-11)20-24-16(21(26)29-20)8-13-7-15(22)19(17(9-13)27-3)28-10-18(23)25/h4-9H,10H2,1-3H3,(H2,23,25)/b16-8+. The number of amides is 1. The summed E-state index contributed by atoms with van der Waals surface area (Å²) < 4.78 is 15.9. The number of aliphatic imine (C=N–C) groups is 1. The minimum absolute atomic E-state index is 0.128. The Bertz CT molecular complexity index is 1040. The number of rotatable bonds is 6. The van der Waals surface area contributed by atoms with Gasteiger partial charge in [-0.1, -0.05) is 28.8 Å². The predicted molar refractivity (Wildman–Crippen MR) is 109 cm³/mol. The Morgan fingerprint density at radius 2 is 1.90 bits per heavy atom. The van der Waals surface area contributed by atoms with E-state index in [0.717, 1.165) is 16.7 Å². The number of cyclic esters (lactones) is 1. The highest BCUT2D eigenvalue weighted by Gasteiger charge is 2.25. The molecular formula is C21H19ClN2O5. The normalized spacial score (nSPS) is 14.6. The van der Waals surface area contributed by atoms with Crippen molar-refractivity contribution in [2.75, 3.05) is 13.7 Å². The Kier molecular flexibility index (Phi) is 5.89. The lowest BCUT2D eigenvalue weighted by atomic mass is 10.1. The topological polar surface area (TPSA) is 100 Å². The lowest BCUT2D eigenvalue weighted by Gasteiger charge is -2.12. The first-order valence-corrected chi connectivity index (χ1v) is 9.04. The first-order chi connectivity index (χ1) is 13.8. The van der Waals surface area contributed by atoms with Crippen LogP contribution in [0.3, 0.4) is 0 Å². The fraction of sp³-hybridized carbons (Fsp3) is 0.190. The number of nitrogens with two attached hydrogens (primary N) is 1. The van der Waals surface area contributed by atoms with E-state index in [4.69, 9.17) is 31.5 Å². The maximum atomic E-state index is 12.3. The van der Waals surface area contributed by atoms with Gasteiger partial charge in [0.2, 0.25) is 5.90 Å². The molecule has 0 aromatic heterocycles. The molecule has 0 spiro atoms. The van der Waals surface area contributed by atoms with E-state index in [0.29, 0.717) is 5.56 Å². The van der Waals surface area contributed by atoms with E-state index in [2.05, 4.69) is 4.99 Å². The molecule has 0 saturated carbocycles. The van der Waals surface area contributed by atoms with Gasteiger partial charge in [-0.15, -0.1) is 0 Å². The number of ether oxygens (including phenoxy) is 3. The second-order valence-corrected chi connectivity index (χ2v) is 6.91. The van der Waals surface area contributed by atoms with Crippen LogP contribution >= 0.6 is 11.6 Å². The summed E-state index contributed by atoms with van der Waals surface area (Å²) in [6.07, 6.45) is 1.53. The second-order valence-electron chi connectivity index (χ2n) is 6.50. The maximum absolute atomic E-state index is 12.3. The number of primary amides is 1. The summed E-state index contributed by atoms with van der Waals surface area (Å²) in [5.41, 5.74) is 8.58. The average molecular weight is 415 g/mol. The number of carbonyl (C=O) groups excluding carboxylic acids is 2. The molecule has 2 N–H and O–H groups in total. The quantitative estimate of drug-likeness (QED) is 0.578. The van der Waals surface area contributed by atoms with Gasteiger partial charge < -0.3 is 19.9 Å². The van der Waals surface area contributed by atoms with E-state index in [-0.39, 0.29) is 34.7 Å². The highest BCUT2D eigenvalue weighted by Crippen LogP contribution is 2.37. The predicted octanol–water partition coefficient (Wildman–Crippen LogP) is 3.17. The minimum atomic E-state index is -0.642. The Balaban J connectivity index is 1.94. The van der Waals surface area contributed by atoms with Crippen LogP contribution in [0.5, 0.6) is 11.5 Å². The molecule has 150 valence electrons. The van der Waals surface area contributed by atoms with Crippen LogP contribution in [0.2, 0.25) is 5.02 Å². The summed E-state index contributed by atoms with van der Waals surface area (Å²) in [4.78, 5) is 27.5. The van der Waals surface area contributed by atoms with E-state index < -0.39 is 11.9 Å². The zero-order valence-corrected chi connectivity index (χ0v) is 16.9. The first kappa shape index (κ1) is 20.4. The van der Waals surface area contributed by atoms with Crippen molar-refractivity contribution in [1.29, 1.82) is 0 Å². The minimum Gasteiger partial charge on any atom is -0.493 e. The number of methoxy groups -OCH3 is 1. The molecule has 0 atom stereocenters. The van der Waals surface area contributed by atoms with E-state index in [1.54, 1.807) is 12.1 Å². The van der Waals surface area contributed by atoms with E-state index in [1.165, 1.54) is 13.2 Å². The van der Waals surface area contributed by atoms with Crippen molar-refractivity contribution in [3.63, 3.8) is 0 Å². The highest BCUT2D eigenvalue weighted by atomic mass is 35.5. The van der Waals surface area contributed by atoms with Gasteiger partial charge in [0.1, 0.15) is 0 Å². The van der Waals surface area contributed by atoms with Crippen molar-refractivity contribution in [3.05, 3.63) is 63.3 Å². The molecule has 1 aliphatic rings. The molecule has 0 fully saturated rings. The van der Waals surface area contributed by atoms with Crippen LogP contribution in [-0.2, 0) is 14.3 Å². The number of hydrogen-bond donors (Lipinski definition) is 1. The molecule has 7 nitrogen and oxygen atoms in total. The second kappa shape index (κ2) is 8.36. The molecule has 29 heavy (non-hydrogen) atoms. The molecular weight excluding hydrogens is 396 g/mol. The SMILES string of the molecule is COc1cc(/C=C2/N=C(c3cc(C)cc(C)c3)OC2=O)cc(Cl)c1OCC(N)=O. The Hall–Kier alpha value is -3.32. The highest BCUT2D eigenvalue weighted by molar-refractivity contribution is 6.32. The maximum Gasteiger partial charge on any atom is 0.363 e. The van der Waals surface area contributed by atoms with Crippen LogP contribution in [0.4, 0.5) is 0 Å². The number of aryl methyl sites for hydroxylation is 2. The van der Waals surface area contributed by atoms with E-state index in [9.17, 15) is 9.59 Å². The molecule has 0 saturated heterocycles. The Morgan fingerprint density at radius 1 is 1.21 bits per heavy atom. The van der Waals surface area contributed by atoms with Crippen molar-refractivity contribution in [3.8, 4) is 11.5 Å². The fourth-order valence-corrected chi connectivity index (χ4v) is 3.17. The summed E-state index contributed by atoms with van der Waals surface area (Å²) in [7, 11) is 1.43. The zero-order chi connectivity index (χ0) is 21.1. The third kappa shape index (κ3) is 4.75. The molecule has 0 bridgehead atoms. The largest absolute Gasteiger partial charge is 0.493 e. The summed E-state index contributed by atoms with van der Waals surface area (Å²) in [5.74, 6) is -0.494. The van der Waals surface area contributed by atoms with Crippen LogP contribution in [0.1, 0.15) is 22.3 Å².